The minimum absolute atomic E-state index is 0.0835. The first-order valence-corrected chi connectivity index (χ1v) is 8.30. The molecule has 2 aromatic rings. The van der Waals surface area contributed by atoms with Crippen LogP contribution in [0.25, 0.3) is 0 Å². The van der Waals surface area contributed by atoms with Crippen molar-refractivity contribution in [3.05, 3.63) is 57.0 Å². The van der Waals surface area contributed by atoms with E-state index >= 15 is 0 Å². The lowest BCUT2D eigenvalue weighted by Crippen LogP contribution is -2.09. The van der Waals surface area contributed by atoms with Crippen LogP contribution in [0.3, 0.4) is 0 Å². The minimum Gasteiger partial charge on any atom is -0.490 e. The van der Waals surface area contributed by atoms with Gasteiger partial charge in [-0.1, -0.05) is 46.9 Å². The molecular weight excluding hydrogens is 375 g/mol. The number of aryl methyl sites for hydroxylation is 1. The Kier molecular flexibility index (Phi) is 7.03. The van der Waals surface area contributed by atoms with E-state index in [-0.39, 0.29) is 19.6 Å². The fourth-order valence-electron chi connectivity index (χ4n) is 2.01. The number of ether oxygens (including phenoxy) is 2. The molecule has 0 saturated carbocycles. The highest BCUT2D eigenvalue weighted by molar-refractivity contribution is 6.40. The van der Waals surface area contributed by atoms with E-state index in [0.717, 1.165) is 5.56 Å². The lowest BCUT2D eigenvalue weighted by Gasteiger charge is -2.12. The van der Waals surface area contributed by atoms with Gasteiger partial charge < -0.3 is 14.6 Å². The molecule has 0 heterocycles. The number of halogens is 3. The first-order chi connectivity index (χ1) is 11.5. The van der Waals surface area contributed by atoms with Gasteiger partial charge in [-0.25, -0.2) is 0 Å². The van der Waals surface area contributed by atoms with Gasteiger partial charge in [-0.05, 0) is 36.2 Å². The Morgan fingerprint density at radius 3 is 2.33 bits per heavy atom. The van der Waals surface area contributed by atoms with E-state index in [0.29, 0.717) is 33.0 Å². The van der Waals surface area contributed by atoms with Gasteiger partial charge in [0, 0.05) is 11.4 Å². The van der Waals surface area contributed by atoms with E-state index in [1.54, 1.807) is 18.2 Å². The van der Waals surface area contributed by atoms with Gasteiger partial charge in [-0.15, -0.1) is 0 Å². The van der Waals surface area contributed by atoms with Crippen LogP contribution in [0, 0.1) is 0 Å². The van der Waals surface area contributed by atoms with Crippen LogP contribution in [0.1, 0.15) is 12.0 Å². The number of hydrogen-bond acceptors (Lipinski definition) is 3. The van der Waals surface area contributed by atoms with Crippen LogP contribution >= 0.6 is 34.8 Å². The highest BCUT2D eigenvalue weighted by Crippen LogP contribution is 2.35. The number of benzene rings is 2. The van der Waals surface area contributed by atoms with Crippen molar-refractivity contribution in [3.63, 3.8) is 0 Å². The van der Waals surface area contributed by atoms with Crippen LogP contribution < -0.4 is 9.47 Å². The molecular formula is C17H15Cl3O4. The van der Waals surface area contributed by atoms with Crippen molar-refractivity contribution in [1.82, 2.24) is 0 Å². The molecule has 0 amide bonds. The van der Waals surface area contributed by atoms with Crippen LogP contribution in [0.5, 0.6) is 11.5 Å². The second kappa shape index (κ2) is 9.02. The lowest BCUT2D eigenvalue weighted by molar-refractivity contribution is -0.136. The fourth-order valence-corrected chi connectivity index (χ4v) is 2.94. The van der Waals surface area contributed by atoms with Gasteiger partial charge in [0.15, 0.2) is 5.75 Å². The predicted octanol–water partition coefficient (Wildman–Crippen LogP) is 5.12. The molecule has 0 aliphatic carbocycles. The van der Waals surface area contributed by atoms with Gasteiger partial charge in [0.2, 0.25) is 0 Å². The van der Waals surface area contributed by atoms with Crippen LogP contribution in [-0.4, -0.2) is 24.3 Å². The molecule has 0 aliphatic rings. The van der Waals surface area contributed by atoms with E-state index in [4.69, 9.17) is 49.4 Å². The summed E-state index contributed by atoms with van der Waals surface area (Å²) >= 11 is 17.9. The van der Waals surface area contributed by atoms with Crippen molar-refractivity contribution in [2.24, 2.45) is 0 Å². The van der Waals surface area contributed by atoms with Crippen molar-refractivity contribution in [3.8, 4) is 11.5 Å². The molecule has 128 valence electrons. The van der Waals surface area contributed by atoms with E-state index < -0.39 is 5.97 Å². The SMILES string of the molecule is O=C(O)CCc1cccc(OCCOc2c(Cl)cc(Cl)cc2Cl)c1. The molecule has 1 N–H and O–H groups in total. The molecule has 7 heteroatoms. The maximum Gasteiger partial charge on any atom is 0.303 e. The van der Waals surface area contributed by atoms with Crippen LogP contribution in [0.15, 0.2) is 36.4 Å². The van der Waals surface area contributed by atoms with Gasteiger partial charge in [0.05, 0.1) is 10.0 Å². The molecule has 0 saturated heterocycles. The number of carboxylic acid groups (broad SMARTS) is 1. The van der Waals surface area contributed by atoms with Gasteiger partial charge in [0.25, 0.3) is 0 Å². The van der Waals surface area contributed by atoms with Crippen molar-refractivity contribution < 1.29 is 19.4 Å². The summed E-state index contributed by atoms with van der Waals surface area (Å²) in [7, 11) is 0. The summed E-state index contributed by atoms with van der Waals surface area (Å²) in [4.78, 5) is 10.6. The van der Waals surface area contributed by atoms with E-state index in [9.17, 15) is 4.79 Å². The molecule has 0 radical (unpaired) electrons. The molecule has 4 nitrogen and oxygen atoms in total. The summed E-state index contributed by atoms with van der Waals surface area (Å²) in [6.07, 6.45) is 0.541. The Morgan fingerprint density at radius 2 is 1.67 bits per heavy atom. The third-order valence-electron chi connectivity index (χ3n) is 3.09. The Labute approximate surface area is 154 Å². The summed E-state index contributed by atoms with van der Waals surface area (Å²) in [5.74, 6) is 0.183. The summed E-state index contributed by atoms with van der Waals surface area (Å²) in [6.45, 7) is 0.540. The number of carboxylic acids is 1. The summed E-state index contributed by atoms with van der Waals surface area (Å²) < 4.78 is 11.1. The number of carbonyl (C=O) groups is 1. The van der Waals surface area contributed by atoms with E-state index in [1.165, 1.54) is 0 Å². The Morgan fingerprint density at radius 1 is 1.00 bits per heavy atom. The summed E-state index contributed by atoms with van der Waals surface area (Å²) in [5.41, 5.74) is 0.902. The second-order valence-corrected chi connectivity index (χ2v) is 6.19. The molecule has 0 spiro atoms. The number of hydrogen-bond donors (Lipinski definition) is 1. The standard InChI is InChI=1S/C17H15Cl3O4/c18-12-9-14(19)17(15(20)10-12)24-7-6-23-13-3-1-2-11(8-13)4-5-16(21)22/h1-3,8-10H,4-7H2,(H,21,22). The minimum atomic E-state index is -0.827. The molecule has 24 heavy (non-hydrogen) atoms. The highest BCUT2D eigenvalue weighted by Gasteiger charge is 2.09. The van der Waals surface area contributed by atoms with Crippen LogP contribution in [0.4, 0.5) is 0 Å². The molecule has 0 fully saturated rings. The van der Waals surface area contributed by atoms with Gasteiger partial charge >= 0.3 is 5.97 Å². The topological polar surface area (TPSA) is 55.8 Å². The highest BCUT2D eigenvalue weighted by atomic mass is 35.5. The smallest absolute Gasteiger partial charge is 0.303 e. The lowest BCUT2D eigenvalue weighted by atomic mass is 10.1. The average Bonchev–Trinajstić information content (AvgIpc) is 2.51. The van der Waals surface area contributed by atoms with Gasteiger partial charge in [0.1, 0.15) is 19.0 Å². The zero-order valence-corrected chi connectivity index (χ0v) is 14.9. The molecule has 0 aliphatic heterocycles. The van der Waals surface area contributed by atoms with Crippen molar-refractivity contribution >= 4 is 40.8 Å². The molecule has 2 aromatic carbocycles. The second-order valence-electron chi connectivity index (χ2n) is 4.94. The third-order valence-corrected chi connectivity index (χ3v) is 3.87. The molecule has 0 aromatic heterocycles. The first-order valence-electron chi connectivity index (χ1n) is 7.16. The van der Waals surface area contributed by atoms with Crippen molar-refractivity contribution in [1.29, 1.82) is 0 Å². The monoisotopic (exact) mass is 388 g/mol. The number of rotatable bonds is 8. The molecule has 0 bridgehead atoms. The fraction of sp³-hybridized carbons (Fsp3) is 0.235. The van der Waals surface area contributed by atoms with Crippen LogP contribution in [-0.2, 0) is 11.2 Å². The normalized spacial score (nSPS) is 10.5. The largest absolute Gasteiger partial charge is 0.490 e. The maximum atomic E-state index is 10.6. The zero-order valence-electron chi connectivity index (χ0n) is 12.6. The van der Waals surface area contributed by atoms with Gasteiger partial charge in [-0.2, -0.15) is 0 Å². The Bertz CT molecular complexity index is 696. The van der Waals surface area contributed by atoms with E-state index in [1.807, 2.05) is 18.2 Å². The van der Waals surface area contributed by atoms with Gasteiger partial charge in [-0.3, -0.25) is 4.79 Å². The van der Waals surface area contributed by atoms with Crippen LogP contribution in [0.2, 0.25) is 15.1 Å². The first kappa shape index (κ1) is 18.7. The molecule has 0 unspecified atom stereocenters. The molecule has 0 atom stereocenters. The molecule has 2 rings (SSSR count). The Balaban J connectivity index is 1.84. The number of aliphatic carboxylic acids is 1. The quantitative estimate of drug-likeness (QED) is 0.637. The van der Waals surface area contributed by atoms with Crippen molar-refractivity contribution in [2.45, 2.75) is 12.8 Å². The third kappa shape index (κ3) is 5.78. The van der Waals surface area contributed by atoms with E-state index in [2.05, 4.69) is 0 Å². The van der Waals surface area contributed by atoms with Crippen molar-refractivity contribution in [2.75, 3.05) is 13.2 Å². The average molecular weight is 390 g/mol. The summed E-state index contributed by atoms with van der Waals surface area (Å²) in [6, 6.07) is 10.4. The zero-order chi connectivity index (χ0) is 17.5. The maximum absolute atomic E-state index is 10.6. The Hall–Kier alpha value is -1.62. The summed E-state index contributed by atoms with van der Waals surface area (Å²) in [5, 5.41) is 9.82. The predicted molar refractivity (Wildman–Crippen MR) is 94.9 cm³/mol.